The van der Waals surface area contributed by atoms with Crippen molar-refractivity contribution in [2.45, 2.75) is 18.9 Å². The molecule has 0 fully saturated rings. The Bertz CT molecular complexity index is 1020. The fourth-order valence-electron chi connectivity index (χ4n) is 3.40. The van der Waals surface area contributed by atoms with E-state index in [1.165, 1.54) is 10.9 Å². The maximum atomic E-state index is 6.16. The zero-order valence-electron chi connectivity index (χ0n) is 12.5. The van der Waals surface area contributed by atoms with Gasteiger partial charge in [0.15, 0.2) is 0 Å². The second-order valence-electron chi connectivity index (χ2n) is 6.00. The van der Waals surface area contributed by atoms with Crippen LogP contribution < -0.4 is 4.74 Å². The highest BCUT2D eigenvalue weighted by Crippen LogP contribution is 2.35. The minimum Gasteiger partial charge on any atom is -0.484 e. The van der Waals surface area contributed by atoms with Gasteiger partial charge in [-0.25, -0.2) is 4.98 Å². The number of nitrogens with one attached hydrogen (secondary N) is 1. The van der Waals surface area contributed by atoms with E-state index in [9.17, 15) is 0 Å². The highest BCUT2D eigenvalue weighted by molar-refractivity contribution is 6.06. The lowest BCUT2D eigenvalue weighted by atomic mass is 9.99. The van der Waals surface area contributed by atoms with E-state index in [0.717, 1.165) is 40.7 Å². The molecular weight excluding hydrogens is 284 g/mol. The van der Waals surface area contributed by atoms with Crippen LogP contribution in [0.4, 0.5) is 0 Å². The SMILES string of the molecule is [c]1nc(C2CCc3ccccc3O2)cc2c1[nH]c1ccccc12. The van der Waals surface area contributed by atoms with Gasteiger partial charge >= 0.3 is 0 Å². The van der Waals surface area contributed by atoms with Gasteiger partial charge in [-0.2, -0.15) is 0 Å². The summed E-state index contributed by atoms with van der Waals surface area (Å²) < 4.78 is 6.16. The van der Waals surface area contributed by atoms with Crippen LogP contribution in [-0.2, 0) is 6.42 Å². The van der Waals surface area contributed by atoms with E-state index < -0.39 is 0 Å². The third-order valence-corrected chi connectivity index (χ3v) is 4.58. The summed E-state index contributed by atoms with van der Waals surface area (Å²) in [5.74, 6) is 0.976. The van der Waals surface area contributed by atoms with Crippen molar-refractivity contribution < 1.29 is 4.74 Å². The summed E-state index contributed by atoms with van der Waals surface area (Å²) in [6.45, 7) is 0. The lowest BCUT2D eigenvalue weighted by Gasteiger charge is -2.25. The molecule has 2 aromatic carbocycles. The largest absolute Gasteiger partial charge is 0.484 e. The number of aromatic nitrogens is 2. The fourth-order valence-corrected chi connectivity index (χ4v) is 3.40. The van der Waals surface area contributed by atoms with E-state index >= 15 is 0 Å². The molecule has 3 heteroatoms. The molecule has 3 heterocycles. The molecule has 4 aromatic rings. The van der Waals surface area contributed by atoms with Gasteiger partial charge in [-0.3, -0.25) is 0 Å². The van der Waals surface area contributed by atoms with Crippen molar-refractivity contribution in [1.29, 1.82) is 0 Å². The van der Waals surface area contributed by atoms with Crippen molar-refractivity contribution >= 4 is 21.8 Å². The van der Waals surface area contributed by atoms with E-state index in [2.05, 4.69) is 52.6 Å². The Labute approximate surface area is 133 Å². The lowest BCUT2D eigenvalue weighted by Crippen LogP contribution is -2.16. The maximum absolute atomic E-state index is 6.16. The number of para-hydroxylation sites is 2. The molecule has 0 aliphatic carbocycles. The molecule has 1 radical (unpaired) electrons. The quantitative estimate of drug-likeness (QED) is 0.558. The van der Waals surface area contributed by atoms with Crippen LogP contribution in [0.3, 0.4) is 0 Å². The van der Waals surface area contributed by atoms with Crippen molar-refractivity contribution in [3.05, 3.63) is 72.1 Å². The first kappa shape index (κ1) is 12.7. The molecule has 1 aliphatic rings. The van der Waals surface area contributed by atoms with E-state index in [1.54, 1.807) is 0 Å². The highest BCUT2D eigenvalue weighted by atomic mass is 16.5. The molecular formula is C20H15N2O. The summed E-state index contributed by atoms with van der Waals surface area (Å²) in [6.07, 6.45) is 5.12. The van der Waals surface area contributed by atoms with Crippen LogP contribution in [0.5, 0.6) is 5.75 Å². The van der Waals surface area contributed by atoms with Crippen LogP contribution >= 0.6 is 0 Å². The van der Waals surface area contributed by atoms with E-state index in [-0.39, 0.29) is 6.10 Å². The molecule has 1 atom stereocenters. The highest BCUT2D eigenvalue weighted by Gasteiger charge is 2.22. The average molecular weight is 299 g/mol. The standard InChI is InChI=1S/C20H15N2O/c1-4-8-19-13(5-1)9-10-20(23-19)17-11-15-14-6-2-3-7-16(14)22-18(15)12-21-17/h1-8,11,20,22H,9-10H2. The second kappa shape index (κ2) is 4.85. The van der Waals surface area contributed by atoms with Gasteiger partial charge in [-0.15, -0.1) is 0 Å². The van der Waals surface area contributed by atoms with E-state index in [0.29, 0.717) is 0 Å². The van der Waals surface area contributed by atoms with Gasteiger partial charge in [0.2, 0.25) is 0 Å². The van der Waals surface area contributed by atoms with Crippen molar-refractivity contribution in [2.24, 2.45) is 0 Å². The monoisotopic (exact) mass is 299 g/mol. The van der Waals surface area contributed by atoms with Crippen molar-refractivity contribution in [3.8, 4) is 5.75 Å². The molecule has 111 valence electrons. The average Bonchev–Trinajstić information content (AvgIpc) is 2.99. The first-order valence-electron chi connectivity index (χ1n) is 7.92. The van der Waals surface area contributed by atoms with Crippen molar-refractivity contribution in [1.82, 2.24) is 9.97 Å². The van der Waals surface area contributed by atoms with Crippen LogP contribution in [0.15, 0.2) is 54.6 Å². The number of nitrogens with zero attached hydrogens (tertiary/aromatic N) is 1. The number of hydrogen-bond acceptors (Lipinski definition) is 2. The van der Waals surface area contributed by atoms with Crippen LogP contribution in [0.2, 0.25) is 0 Å². The lowest BCUT2D eigenvalue weighted by molar-refractivity contribution is 0.172. The number of H-pyrrole nitrogens is 1. The molecule has 23 heavy (non-hydrogen) atoms. The van der Waals surface area contributed by atoms with Crippen LogP contribution in [0, 0.1) is 6.20 Å². The molecule has 2 aromatic heterocycles. The molecule has 0 spiro atoms. The Kier molecular flexibility index (Phi) is 2.68. The third kappa shape index (κ3) is 2.00. The summed E-state index contributed by atoms with van der Waals surface area (Å²) in [5, 5.41) is 2.37. The fraction of sp³-hybridized carbons (Fsp3) is 0.150. The van der Waals surface area contributed by atoms with Gasteiger partial charge < -0.3 is 9.72 Å². The van der Waals surface area contributed by atoms with Crippen LogP contribution in [-0.4, -0.2) is 9.97 Å². The molecule has 1 N–H and O–H groups in total. The Morgan fingerprint density at radius 1 is 1.04 bits per heavy atom. The number of benzene rings is 2. The van der Waals surface area contributed by atoms with Crippen molar-refractivity contribution in [2.75, 3.05) is 0 Å². The summed E-state index contributed by atoms with van der Waals surface area (Å²) in [5.41, 5.74) is 4.30. The number of aromatic amines is 1. The molecule has 3 nitrogen and oxygen atoms in total. The van der Waals surface area contributed by atoms with Gasteiger partial charge in [0, 0.05) is 16.3 Å². The summed E-state index contributed by atoms with van der Waals surface area (Å²) in [4.78, 5) is 7.88. The van der Waals surface area contributed by atoms with Gasteiger partial charge in [0.1, 0.15) is 18.1 Å². The smallest absolute Gasteiger partial charge is 0.141 e. The number of ether oxygens (including phenoxy) is 1. The summed E-state index contributed by atoms with van der Waals surface area (Å²) in [6, 6.07) is 18.7. The Balaban J connectivity index is 1.60. The first-order chi connectivity index (χ1) is 11.4. The molecule has 0 bridgehead atoms. The minimum atomic E-state index is -0.000729. The van der Waals surface area contributed by atoms with Gasteiger partial charge in [-0.1, -0.05) is 36.4 Å². The van der Waals surface area contributed by atoms with Crippen LogP contribution in [0.1, 0.15) is 23.8 Å². The number of aryl methyl sites for hydroxylation is 1. The van der Waals surface area contributed by atoms with E-state index in [1.807, 2.05) is 18.2 Å². The predicted octanol–water partition coefficient (Wildman–Crippen LogP) is 4.58. The molecule has 0 amide bonds. The normalized spacial score (nSPS) is 17.1. The maximum Gasteiger partial charge on any atom is 0.141 e. The molecule has 0 saturated heterocycles. The molecule has 1 unspecified atom stereocenters. The Morgan fingerprint density at radius 2 is 1.91 bits per heavy atom. The van der Waals surface area contributed by atoms with Crippen LogP contribution in [0.25, 0.3) is 21.8 Å². The zero-order chi connectivity index (χ0) is 15.2. The number of fused-ring (bicyclic) bond motifs is 4. The van der Waals surface area contributed by atoms with Gasteiger partial charge in [0.05, 0.1) is 11.2 Å². The zero-order valence-corrected chi connectivity index (χ0v) is 12.5. The summed E-state index contributed by atoms with van der Waals surface area (Å²) >= 11 is 0. The van der Waals surface area contributed by atoms with E-state index in [4.69, 9.17) is 4.74 Å². The second-order valence-corrected chi connectivity index (χ2v) is 6.00. The molecule has 1 aliphatic heterocycles. The number of rotatable bonds is 1. The first-order valence-corrected chi connectivity index (χ1v) is 7.92. The van der Waals surface area contributed by atoms with Gasteiger partial charge in [0.25, 0.3) is 0 Å². The Hall–Kier alpha value is -2.81. The predicted molar refractivity (Wildman–Crippen MR) is 90.6 cm³/mol. The Morgan fingerprint density at radius 3 is 2.91 bits per heavy atom. The summed E-state index contributed by atoms with van der Waals surface area (Å²) in [7, 11) is 0. The van der Waals surface area contributed by atoms with Crippen molar-refractivity contribution in [3.63, 3.8) is 0 Å². The minimum absolute atomic E-state index is 0.000729. The topological polar surface area (TPSA) is 37.9 Å². The third-order valence-electron chi connectivity index (χ3n) is 4.58. The van der Waals surface area contributed by atoms with Gasteiger partial charge in [-0.05, 0) is 36.6 Å². The molecule has 0 saturated carbocycles. The molecule has 5 rings (SSSR count). The number of hydrogen-bond donors (Lipinski definition) is 1. The number of pyridine rings is 1.